The van der Waals surface area contributed by atoms with Crippen LogP contribution in [0, 0.1) is 0 Å². The summed E-state index contributed by atoms with van der Waals surface area (Å²) in [5.74, 6) is 1.57. The number of ether oxygens (including phenoxy) is 2. The minimum atomic E-state index is -0.120. The summed E-state index contributed by atoms with van der Waals surface area (Å²) in [6.07, 6.45) is 1.69. The smallest absolute Gasteiger partial charge is 0.164 e. The second-order valence-electron chi connectivity index (χ2n) is 4.65. The van der Waals surface area contributed by atoms with Gasteiger partial charge < -0.3 is 14.6 Å². The molecule has 3 heteroatoms. The summed E-state index contributed by atoms with van der Waals surface area (Å²) in [5, 5.41) is 10.2. The zero-order valence-corrected chi connectivity index (χ0v) is 10.8. The van der Waals surface area contributed by atoms with Crippen LogP contribution in [-0.2, 0) is 6.42 Å². The van der Waals surface area contributed by atoms with Gasteiger partial charge in [-0.3, -0.25) is 0 Å². The van der Waals surface area contributed by atoms with Crippen LogP contribution in [0.3, 0.4) is 0 Å². The van der Waals surface area contributed by atoms with Gasteiger partial charge in [-0.05, 0) is 30.5 Å². The Morgan fingerprint density at radius 2 is 2.00 bits per heavy atom. The predicted octanol–water partition coefficient (Wildman–Crippen LogP) is 3.47. The number of para-hydroxylation sites is 2. The Morgan fingerprint density at radius 1 is 1.16 bits per heavy atom. The van der Waals surface area contributed by atoms with Crippen molar-refractivity contribution in [3.05, 3.63) is 53.6 Å². The molecule has 1 atom stereocenters. The highest BCUT2D eigenvalue weighted by atomic mass is 16.5. The zero-order valence-electron chi connectivity index (χ0n) is 10.8. The number of rotatable bonds is 2. The first-order valence-corrected chi connectivity index (χ1v) is 6.40. The monoisotopic (exact) mass is 256 g/mol. The maximum absolute atomic E-state index is 10.2. The molecule has 1 heterocycles. The average molecular weight is 256 g/mol. The van der Waals surface area contributed by atoms with Crippen LogP contribution >= 0.6 is 0 Å². The van der Waals surface area contributed by atoms with E-state index < -0.39 is 0 Å². The molecule has 1 aliphatic rings. The van der Waals surface area contributed by atoms with Crippen LogP contribution in [-0.4, -0.2) is 12.2 Å². The number of hydrogen-bond acceptors (Lipinski definition) is 3. The van der Waals surface area contributed by atoms with E-state index in [9.17, 15) is 5.11 Å². The molecule has 1 aliphatic heterocycles. The molecule has 0 fully saturated rings. The third-order valence-electron chi connectivity index (χ3n) is 3.51. The van der Waals surface area contributed by atoms with Gasteiger partial charge in [-0.1, -0.05) is 30.3 Å². The van der Waals surface area contributed by atoms with E-state index in [2.05, 4.69) is 6.07 Å². The van der Waals surface area contributed by atoms with E-state index in [1.54, 1.807) is 13.2 Å². The van der Waals surface area contributed by atoms with Crippen molar-refractivity contribution in [2.75, 3.05) is 7.11 Å². The van der Waals surface area contributed by atoms with Crippen molar-refractivity contribution in [2.45, 2.75) is 18.9 Å². The highest BCUT2D eigenvalue weighted by Gasteiger charge is 2.24. The van der Waals surface area contributed by atoms with Gasteiger partial charge >= 0.3 is 0 Å². The number of hydrogen-bond donors (Lipinski definition) is 1. The Balaban J connectivity index is 1.93. The topological polar surface area (TPSA) is 38.7 Å². The van der Waals surface area contributed by atoms with Gasteiger partial charge in [0, 0.05) is 5.56 Å². The molecular formula is C16H16O3. The summed E-state index contributed by atoms with van der Waals surface area (Å²) in [6, 6.07) is 13.5. The van der Waals surface area contributed by atoms with Gasteiger partial charge in [-0.25, -0.2) is 0 Å². The SMILES string of the molecule is COc1cccc(C2CCc3ccccc3O2)c1O. The fourth-order valence-corrected chi connectivity index (χ4v) is 2.51. The molecule has 0 bridgehead atoms. The molecule has 1 N–H and O–H groups in total. The molecule has 0 aliphatic carbocycles. The van der Waals surface area contributed by atoms with Crippen LogP contribution in [0.15, 0.2) is 42.5 Å². The van der Waals surface area contributed by atoms with E-state index in [-0.39, 0.29) is 11.9 Å². The highest BCUT2D eigenvalue weighted by molar-refractivity contribution is 5.47. The van der Waals surface area contributed by atoms with Crippen molar-refractivity contribution < 1.29 is 14.6 Å². The molecule has 3 rings (SSSR count). The van der Waals surface area contributed by atoms with Crippen molar-refractivity contribution in [3.8, 4) is 17.2 Å². The van der Waals surface area contributed by atoms with E-state index in [1.807, 2.05) is 30.3 Å². The summed E-state index contributed by atoms with van der Waals surface area (Å²) >= 11 is 0. The maximum Gasteiger partial charge on any atom is 0.164 e. The molecule has 98 valence electrons. The third-order valence-corrected chi connectivity index (χ3v) is 3.51. The van der Waals surface area contributed by atoms with Crippen LogP contribution in [0.1, 0.15) is 23.7 Å². The minimum Gasteiger partial charge on any atom is -0.504 e. The average Bonchev–Trinajstić information content (AvgIpc) is 2.47. The largest absolute Gasteiger partial charge is 0.504 e. The normalized spacial score (nSPS) is 17.4. The second kappa shape index (κ2) is 4.84. The number of methoxy groups -OCH3 is 1. The second-order valence-corrected chi connectivity index (χ2v) is 4.65. The summed E-state index contributed by atoms with van der Waals surface area (Å²) in [6.45, 7) is 0. The molecule has 2 aromatic carbocycles. The molecule has 0 aromatic heterocycles. The number of aryl methyl sites for hydroxylation is 1. The van der Waals surface area contributed by atoms with Crippen LogP contribution in [0.25, 0.3) is 0 Å². The first-order valence-electron chi connectivity index (χ1n) is 6.40. The molecule has 2 aromatic rings. The molecule has 1 unspecified atom stereocenters. The van der Waals surface area contributed by atoms with Crippen molar-refractivity contribution in [1.82, 2.24) is 0 Å². The van der Waals surface area contributed by atoms with E-state index in [4.69, 9.17) is 9.47 Å². The minimum absolute atomic E-state index is 0.120. The molecule has 0 amide bonds. The van der Waals surface area contributed by atoms with Crippen molar-refractivity contribution in [1.29, 1.82) is 0 Å². The number of phenols is 1. The number of fused-ring (bicyclic) bond motifs is 1. The summed E-state index contributed by atoms with van der Waals surface area (Å²) < 4.78 is 11.1. The van der Waals surface area contributed by atoms with Gasteiger partial charge in [0.2, 0.25) is 0 Å². The van der Waals surface area contributed by atoms with Crippen LogP contribution < -0.4 is 9.47 Å². The molecule has 0 saturated carbocycles. The molecule has 0 saturated heterocycles. The van der Waals surface area contributed by atoms with Gasteiger partial charge in [0.25, 0.3) is 0 Å². The van der Waals surface area contributed by atoms with E-state index in [0.29, 0.717) is 5.75 Å². The Kier molecular flexibility index (Phi) is 3.03. The van der Waals surface area contributed by atoms with Gasteiger partial charge in [-0.15, -0.1) is 0 Å². The van der Waals surface area contributed by atoms with Crippen molar-refractivity contribution in [2.24, 2.45) is 0 Å². The van der Waals surface area contributed by atoms with E-state index in [0.717, 1.165) is 24.2 Å². The lowest BCUT2D eigenvalue weighted by Gasteiger charge is -2.27. The first kappa shape index (κ1) is 11.9. The van der Waals surface area contributed by atoms with E-state index in [1.165, 1.54) is 5.56 Å². The molecule has 19 heavy (non-hydrogen) atoms. The predicted molar refractivity (Wildman–Crippen MR) is 72.8 cm³/mol. The highest BCUT2D eigenvalue weighted by Crippen LogP contribution is 2.40. The van der Waals surface area contributed by atoms with Crippen LogP contribution in [0.2, 0.25) is 0 Å². The lowest BCUT2D eigenvalue weighted by Crippen LogP contribution is -2.15. The Morgan fingerprint density at radius 3 is 2.84 bits per heavy atom. The summed E-state index contributed by atoms with van der Waals surface area (Å²) in [7, 11) is 1.55. The maximum atomic E-state index is 10.2. The Labute approximate surface area is 112 Å². The molecule has 3 nitrogen and oxygen atoms in total. The zero-order chi connectivity index (χ0) is 13.2. The fourth-order valence-electron chi connectivity index (χ4n) is 2.51. The number of phenolic OH excluding ortho intramolecular Hbond substituents is 1. The van der Waals surface area contributed by atoms with Crippen molar-refractivity contribution >= 4 is 0 Å². The van der Waals surface area contributed by atoms with Crippen LogP contribution in [0.5, 0.6) is 17.2 Å². The number of aromatic hydroxyl groups is 1. The third kappa shape index (κ3) is 2.12. The van der Waals surface area contributed by atoms with Crippen molar-refractivity contribution in [3.63, 3.8) is 0 Å². The van der Waals surface area contributed by atoms with Gasteiger partial charge in [0.15, 0.2) is 11.5 Å². The summed E-state index contributed by atoms with van der Waals surface area (Å²) in [5.41, 5.74) is 2.01. The quantitative estimate of drug-likeness (QED) is 0.894. The van der Waals surface area contributed by atoms with Gasteiger partial charge in [0.1, 0.15) is 11.9 Å². The Bertz CT molecular complexity index is 592. The fraction of sp³-hybridized carbons (Fsp3) is 0.250. The van der Waals surface area contributed by atoms with E-state index >= 15 is 0 Å². The standard InChI is InChI=1S/C16H16O3/c1-18-15-8-4-6-12(16(15)17)14-10-9-11-5-2-3-7-13(11)19-14/h2-8,14,17H,9-10H2,1H3. The molecule has 0 spiro atoms. The number of benzene rings is 2. The summed E-state index contributed by atoms with van der Waals surface area (Å²) in [4.78, 5) is 0. The lowest BCUT2D eigenvalue weighted by atomic mass is 9.97. The Hall–Kier alpha value is -2.16. The van der Waals surface area contributed by atoms with Gasteiger partial charge in [-0.2, -0.15) is 0 Å². The molecule has 0 radical (unpaired) electrons. The van der Waals surface area contributed by atoms with Crippen LogP contribution in [0.4, 0.5) is 0 Å². The lowest BCUT2D eigenvalue weighted by molar-refractivity contribution is 0.172. The molecular weight excluding hydrogens is 240 g/mol. The first-order chi connectivity index (χ1) is 9.29. The van der Waals surface area contributed by atoms with Gasteiger partial charge in [0.05, 0.1) is 7.11 Å².